The van der Waals surface area contributed by atoms with Crippen LogP contribution in [0.25, 0.3) is 6.08 Å². The number of likely N-dealkylation sites (N-methyl/N-ethyl adjacent to an activating group) is 1. The van der Waals surface area contributed by atoms with E-state index in [4.69, 9.17) is 4.74 Å². The third-order valence-electron chi connectivity index (χ3n) is 5.86. The average Bonchev–Trinajstić information content (AvgIpc) is 3.11. The maximum atomic E-state index is 13.0. The Labute approximate surface area is 183 Å². The van der Waals surface area contributed by atoms with Crippen LogP contribution in [0.1, 0.15) is 31.2 Å². The van der Waals surface area contributed by atoms with Gasteiger partial charge in [0.2, 0.25) is 0 Å². The number of nitrogens with one attached hydrogen (secondary N) is 1. The molecular formula is C25H29N3O3. The maximum absolute atomic E-state index is 13.0. The number of para-hydroxylation sites is 2. The summed E-state index contributed by atoms with van der Waals surface area (Å²) >= 11 is 0. The molecule has 2 aromatic rings. The zero-order valence-corrected chi connectivity index (χ0v) is 17.9. The van der Waals surface area contributed by atoms with Crippen LogP contribution in [0, 0.1) is 0 Å². The van der Waals surface area contributed by atoms with Crippen molar-refractivity contribution in [2.75, 3.05) is 36.5 Å². The molecule has 1 saturated heterocycles. The van der Waals surface area contributed by atoms with E-state index >= 15 is 0 Å². The van der Waals surface area contributed by atoms with Crippen LogP contribution in [0.3, 0.4) is 0 Å². The van der Waals surface area contributed by atoms with Gasteiger partial charge in [0.05, 0.1) is 12.2 Å². The molecule has 2 aliphatic heterocycles. The highest BCUT2D eigenvalue weighted by Gasteiger charge is 2.32. The molecule has 31 heavy (non-hydrogen) atoms. The van der Waals surface area contributed by atoms with Gasteiger partial charge in [0, 0.05) is 31.9 Å². The minimum atomic E-state index is -0.731. The van der Waals surface area contributed by atoms with E-state index in [1.54, 1.807) is 24.1 Å². The first kappa shape index (κ1) is 21.0. The first-order chi connectivity index (χ1) is 15.2. The fourth-order valence-corrected chi connectivity index (χ4v) is 4.12. The van der Waals surface area contributed by atoms with Gasteiger partial charge in [0.1, 0.15) is 5.75 Å². The molecule has 0 spiro atoms. The van der Waals surface area contributed by atoms with E-state index in [9.17, 15) is 9.59 Å². The monoisotopic (exact) mass is 419 g/mol. The van der Waals surface area contributed by atoms with Gasteiger partial charge in [-0.1, -0.05) is 37.1 Å². The predicted octanol–water partition coefficient (Wildman–Crippen LogP) is 3.62. The van der Waals surface area contributed by atoms with E-state index in [1.807, 2.05) is 36.4 Å². The number of carbonyl (C=O) groups is 2. The number of fused-ring (bicyclic) bond motifs is 1. The Morgan fingerprint density at radius 3 is 2.42 bits per heavy atom. The lowest BCUT2D eigenvalue weighted by Crippen LogP contribution is -2.49. The van der Waals surface area contributed by atoms with E-state index in [1.165, 1.54) is 31.4 Å². The fourth-order valence-electron chi connectivity index (χ4n) is 4.12. The van der Waals surface area contributed by atoms with Crippen molar-refractivity contribution in [2.45, 2.75) is 31.8 Å². The molecule has 2 aromatic carbocycles. The van der Waals surface area contributed by atoms with Crippen molar-refractivity contribution >= 4 is 29.3 Å². The van der Waals surface area contributed by atoms with Crippen LogP contribution in [0.2, 0.25) is 0 Å². The molecule has 6 nitrogen and oxygen atoms in total. The highest BCUT2D eigenvalue weighted by Crippen LogP contribution is 2.33. The van der Waals surface area contributed by atoms with E-state index in [-0.39, 0.29) is 18.4 Å². The van der Waals surface area contributed by atoms with Crippen molar-refractivity contribution in [3.8, 4) is 5.75 Å². The summed E-state index contributed by atoms with van der Waals surface area (Å²) in [5, 5.41) is 2.60. The summed E-state index contributed by atoms with van der Waals surface area (Å²) in [4.78, 5) is 29.1. The van der Waals surface area contributed by atoms with E-state index in [2.05, 4.69) is 22.3 Å². The molecule has 0 bridgehead atoms. The molecule has 1 atom stereocenters. The summed E-state index contributed by atoms with van der Waals surface area (Å²) in [6.07, 6.45) is 7.76. The fraction of sp³-hybridized carbons (Fsp3) is 0.360. The number of nitrogens with zero attached hydrogens (tertiary/aromatic N) is 2. The van der Waals surface area contributed by atoms with Crippen LogP contribution in [-0.2, 0) is 9.59 Å². The lowest BCUT2D eigenvalue weighted by Gasteiger charge is -2.33. The molecule has 0 unspecified atom stereocenters. The van der Waals surface area contributed by atoms with Gasteiger partial charge in [-0.25, -0.2) is 0 Å². The van der Waals surface area contributed by atoms with Gasteiger partial charge >= 0.3 is 0 Å². The maximum Gasteiger partial charge on any atom is 0.262 e. The first-order valence-corrected chi connectivity index (χ1v) is 11.0. The Bertz CT molecular complexity index is 947. The summed E-state index contributed by atoms with van der Waals surface area (Å²) in [5.41, 5.74) is 2.88. The lowest BCUT2D eigenvalue weighted by molar-refractivity contribution is -0.127. The van der Waals surface area contributed by atoms with Crippen molar-refractivity contribution < 1.29 is 14.3 Å². The molecule has 2 heterocycles. The molecule has 2 amide bonds. The lowest BCUT2D eigenvalue weighted by atomic mass is 10.1. The zero-order valence-electron chi connectivity index (χ0n) is 17.9. The van der Waals surface area contributed by atoms with Crippen LogP contribution in [0.4, 0.5) is 11.4 Å². The van der Waals surface area contributed by atoms with Gasteiger partial charge < -0.3 is 19.9 Å². The third-order valence-corrected chi connectivity index (χ3v) is 5.86. The van der Waals surface area contributed by atoms with E-state index < -0.39 is 6.10 Å². The number of benzene rings is 2. The standard InChI is InChI=1S/C25H29N3O3/c1-26-25(30)23-18-28(21-8-4-5-9-22(21)31-23)24(29)15-12-19-10-13-20(14-11-19)27-16-6-2-3-7-17-27/h4-5,8-15,23H,2-3,6-7,16-18H2,1H3,(H,26,30)/b15-12+/t23-/m0/s1. The second-order valence-electron chi connectivity index (χ2n) is 7.96. The molecule has 0 aromatic heterocycles. The molecule has 6 heteroatoms. The Kier molecular flexibility index (Phi) is 6.55. The van der Waals surface area contributed by atoms with Crippen LogP contribution in [-0.4, -0.2) is 44.6 Å². The van der Waals surface area contributed by atoms with Crippen LogP contribution in [0.5, 0.6) is 5.75 Å². The van der Waals surface area contributed by atoms with Crippen molar-refractivity contribution in [2.24, 2.45) is 0 Å². The normalized spacial score (nSPS) is 18.8. The molecule has 0 radical (unpaired) electrons. The van der Waals surface area contributed by atoms with Gasteiger partial charge in [-0.05, 0) is 48.7 Å². The highest BCUT2D eigenvalue weighted by molar-refractivity contribution is 6.05. The number of hydrogen-bond donors (Lipinski definition) is 1. The summed E-state index contributed by atoms with van der Waals surface area (Å²) in [6.45, 7) is 2.39. The number of rotatable bonds is 4. The summed E-state index contributed by atoms with van der Waals surface area (Å²) in [5.74, 6) is 0.104. The van der Waals surface area contributed by atoms with Crippen molar-refractivity contribution in [3.05, 3.63) is 60.2 Å². The van der Waals surface area contributed by atoms with Gasteiger partial charge in [-0.15, -0.1) is 0 Å². The molecule has 1 N–H and O–H groups in total. The van der Waals surface area contributed by atoms with Crippen LogP contribution in [0.15, 0.2) is 54.6 Å². The van der Waals surface area contributed by atoms with Gasteiger partial charge in [-0.3, -0.25) is 9.59 Å². The quantitative estimate of drug-likeness (QED) is 0.769. The second-order valence-corrected chi connectivity index (χ2v) is 7.96. The molecule has 4 rings (SSSR count). The topological polar surface area (TPSA) is 61.9 Å². The summed E-state index contributed by atoms with van der Waals surface area (Å²) in [6, 6.07) is 15.6. The molecule has 2 aliphatic rings. The molecule has 0 saturated carbocycles. The Balaban J connectivity index is 1.47. The summed E-state index contributed by atoms with van der Waals surface area (Å²) < 4.78 is 5.77. The Morgan fingerprint density at radius 1 is 1.00 bits per heavy atom. The van der Waals surface area contributed by atoms with Crippen LogP contribution >= 0.6 is 0 Å². The third kappa shape index (κ3) is 4.90. The minimum absolute atomic E-state index is 0.174. The smallest absolute Gasteiger partial charge is 0.262 e. The molecule has 0 aliphatic carbocycles. The predicted molar refractivity (Wildman–Crippen MR) is 123 cm³/mol. The van der Waals surface area contributed by atoms with Gasteiger partial charge in [0.25, 0.3) is 11.8 Å². The molecule has 1 fully saturated rings. The van der Waals surface area contributed by atoms with E-state index in [0.29, 0.717) is 11.4 Å². The zero-order chi connectivity index (χ0) is 21.6. The largest absolute Gasteiger partial charge is 0.477 e. The minimum Gasteiger partial charge on any atom is -0.477 e. The molecular weight excluding hydrogens is 390 g/mol. The second kappa shape index (κ2) is 9.69. The highest BCUT2D eigenvalue weighted by atomic mass is 16.5. The first-order valence-electron chi connectivity index (χ1n) is 11.0. The van der Waals surface area contributed by atoms with Gasteiger partial charge in [-0.2, -0.15) is 0 Å². The van der Waals surface area contributed by atoms with Crippen molar-refractivity contribution in [1.29, 1.82) is 0 Å². The average molecular weight is 420 g/mol. The summed E-state index contributed by atoms with van der Waals surface area (Å²) in [7, 11) is 1.56. The number of amides is 2. The van der Waals surface area contributed by atoms with Crippen molar-refractivity contribution in [3.63, 3.8) is 0 Å². The van der Waals surface area contributed by atoms with Gasteiger partial charge in [0.15, 0.2) is 6.10 Å². The van der Waals surface area contributed by atoms with Crippen molar-refractivity contribution in [1.82, 2.24) is 5.32 Å². The number of ether oxygens (including phenoxy) is 1. The SMILES string of the molecule is CNC(=O)[C@@H]1CN(C(=O)/C=C/c2ccc(N3CCCCCC3)cc2)c2ccccc2O1. The Morgan fingerprint density at radius 2 is 1.71 bits per heavy atom. The molecule has 162 valence electrons. The van der Waals surface area contributed by atoms with E-state index in [0.717, 1.165) is 18.7 Å². The number of carbonyl (C=O) groups excluding carboxylic acids is 2. The number of hydrogen-bond acceptors (Lipinski definition) is 4. The van der Waals surface area contributed by atoms with Crippen LogP contribution < -0.4 is 19.9 Å². The number of anilines is 2. The Hall–Kier alpha value is -3.28.